The van der Waals surface area contributed by atoms with Crippen molar-refractivity contribution in [3.63, 3.8) is 0 Å². The Hall–Kier alpha value is -1.42. The van der Waals surface area contributed by atoms with Crippen molar-refractivity contribution >= 4 is 23.4 Å². The number of hydrogen-bond acceptors (Lipinski definition) is 2. The van der Waals surface area contributed by atoms with Crippen LogP contribution in [0.25, 0.3) is 0 Å². The van der Waals surface area contributed by atoms with Crippen LogP contribution in [0, 0.1) is 12.7 Å². The van der Waals surface area contributed by atoms with Crippen LogP contribution in [0.2, 0.25) is 0 Å². The highest BCUT2D eigenvalue weighted by molar-refractivity contribution is 6.34. The second-order valence-electron chi connectivity index (χ2n) is 3.39. The fraction of sp³-hybridized carbons (Fsp3) is 0.273. The van der Waals surface area contributed by atoms with Gasteiger partial charge >= 0.3 is 5.97 Å². The quantitative estimate of drug-likeness (QED) is 0.654. The van der Waals surface area contributed by atoms with Crippen LogP contribution in [0.4, 0.5) is 4.39 Å². The number of rotatable bonds is 4. The summed E-state index contributed by atoms with van der Waals surface area (Å²) in [6, 6.07) is 3.81. The van der Waals surface area contributed by atoms with Crippen molar-refractivity contribution in [2.45, 2.75) is 18.7 Å². The maximum absolute atomic E-state index is 12.9. The molecule has 0 saturated carbocycles. The molecule has 0 aliphatic carbocycles. The smallest absolute Gasteiger partial charge is 0.305 e. The molecule has 16 heavy (non-hydrogen) atoms. The molecule has 0 amide bonds. The predicted molar refractivity (Wildman–Crippen MR) is 57.4 cm³/mol. The van der Waals surface area contributed by atoms with Gasteiger partial charge in [-0.3, -0.25) is 9.59 Å². The molecule has 0 heterocycles. The summed E-state index contributed by atoms with van der Waals surface area (Å²) in [5.74, 6) is -2.07. The zero-order chi connectivity index (χ0) is 12.3. The first kappa shape index (κ1) is 12.6. The normalized spacial score (nSPS) is 12.2. The van der Waals surface area contributed by atoms with Crippen LogP contribution in [0.1, 0.15) is 22.3 Å². The van der Waals surface area contributed by atoms with E-state index >= 15 is 0 Å². The SMILES string of the molecule is Cc1cc(C(=O)C(Cl)CC(=O)O)ccc1F. The van der Waals surface area contributed by atoms with Crippen molar-refractivity contribution < 1.29 is 19.1 Å². The lowest BCUT2D eigenvalue weighted by Crippen LogP contribution is -2.18. The summed E-state index contributed by atoms with van der Waals surface area (Å²) < 4.78 is 12.9. The van der Waals surface area contributed by atoms with Gasteiger partial charge in [0.2, 0.25) is 0 Å². The highest BCUT2D eigenvalue weighted by atomic mass is 35.5. The third-order valence-electron chi connectivity index (χ3n) is 2.08. The van der Waals surface area contributed by atoms with Crippen molar-refractivity contribution in [3.05, 3.63) is 35.1 Å². The van der Waals surface area contributed by atoms with E-state index in [4.69, 9.17) is 16.7 Å². The molecule has 0 bridgehead atoms. The molecule has 0 radical (unpaired) electrons. The molecule has 0 aromatic heterocycles. The van der Waals surface area contributed by atoms with Gasteiger partial charge in [0.1, 0.15) is 11.2 Å². The molecular formula is C11H10ClFO3. The van der Waals surface area contributed by atoms with E-state index in [0.29, 0.717) is 5.56 Å². The van der Waals surface area contributed by atoms with Crippen LogP contribution in [0.3, 0.4) is 0 Å². The van der Waals surface area contributed by atoms with Crippen LogP contribution >= 0.6 is 11.6 Å². The molecule has 1 N–H and O–H groups in total. The van der Waals surface area contributed by atoms with E-state index in [-0.39, 0.29) is 5.56 Å². The van der Waals surface area contributed by atoms with Gasteiger partial charge < -0.3 is 5.11 Å². The second-order valence-corrected chi connectivity index (χ2v) is 3.92. The van der Waals surface area contributed by atoms with Gasteiger partial charge in [-0.2, -0.15) is 0 Å². The topological polar surface area (TPSA) is 54.4 Å². The molecule has 1 unspecified atom stereocenters. The van der Waals surface area contributed by atoms with Gasteiger partial charge in [0.05, 0.1) is 6.42 Å². The fourth-order valence-electron chi connectivity index (χ4n) is 1.22. The Morgan fingerprint density at radius 2 is 2.12 bits per heavy atom. The van der Waals surface area contributed by atoms with Crippen molar-refractivity contribution in [2.24, 2.45) is 0 Å². The monoisotopic (exact) mass is 244 g/mol. The summed E-state index contributed by atoms with van der Waals surface area (Å²) in [5, 5.41) is 7.36. The average molecular weight is 245 g/mol. The van der Waals surface area contributed by atoms with E-state index in [1.54, 1.807) is 0 Å². The number of aryl methyl sites for hydroxylation is 1. The Balaban J connectivity index is 2.88. The number of benzene rings is 1. The number of Topliss-reactive ketones (excluding diaryl/α,β-unsaturated/α-hetero) is 1. The zero-order valence-electron chi connectivity index (χ0n) is 8.54. The average Bonchev–Trinajstić information content (AvgIpc) is 2.20. The van der Waals surface area contributed by atoms with E-state index < -0.39 is 29.4 Å². The maximum Gasteiger partial charge on any atom is 0.305 e. The van der Waals surface area contributed by atoms with Crippen LogP contribution in [0.15, 0.2) is 18.2 Å². The maximum atomic E-state index is 12.9. The van der Waals surface area contributed by atoms with Crippen LogP contribution in [0.5, 0.6) is 0 Å². The minimum Gasteiger partial charge on any atom is -0.481 e. The minimum atomic E-state index is -1.15. The standard InChI is InChI=1S/C11H10ClFO3/c1-6-4-7(2-3-9(6)13)11(16)8(12)5-10(14)15/h2-4,8H,5H2,1H3,(H,14,15). The van der Waals surface area contributed by atoms with Gasteiger partial charge in [-0.05, 0) is 30.7 Å². The molecule has 0 spiro atoms. The molecule has 1 aromatic rings. The van der Waals surface area contributed by atoms with E-state index in [2.05, 4.69) is 0 Å². The molecule has 5 heteroatoms. The number of halogens is 2. The number of hydrogen-bond donors (Lipinski definition) is 1. The van der Waals surface area contributed by atoms with Crippen LogP contribution in [-0.2, 0) is 4.79 Å². The van der Waals surface area contributed by atoms with Gasteiger partial charge in [0.15, 0.2) is 5.78 Å². The highest BCUT2D eigenvalue weighted by Gasteiger charge is 2.20. The summed E-state index contributed by atoms with van der Waals surface area (Å²) in [6.07, 6.45) is -0.448. The fourth-order valence-corrected chi connectivity index (χ4v) is 1.48. The lowest BCUT2D eigenvalue weighted by molar-refractivity contribution is -0.136. The lowest BCUT2D eigenvalue weighted by atomic mass is 10.0. The summed E-state index contributed by atoms with van der Waals surface area (Å²) >= 11 is 5.63. The van der Waals surface area contributed by atoms with Gasteiger partial charge in [-0.15, -0.1) is 11.6 Å². The molecular weight excluding hydrogens is 235 g/mol. The van der Waals surface area contributed by atoms with Crippen LogP contribution in [-0.4, -0.2) is 22.2 Å². The largest absolute Gasteiger partial charge is 0.481 e. The minimum absolute atomic E-state index is 0.222. The summed E-state index contributed by atoms with van der Waals surface area (Å²) in [6.45, 7) is 1.52. The van der Waals surface area contributed by atoms with Gasteiger partial charge in [-0.25, -0.2) is 4.39 Å². The van der Waals surface area contributed by atoms with Gasteiger partial charge in [0, 0.05) is 5.56 Å². The Labute approximate surface area is 96.8 Å². The molecule has 0 aliphatic heterocycles. The van der Waals surface area contributed by atoms with Gasteiger partial charge in [0.25, 0.3) is 0 Å². The molecule has 0 aliphatic rings. The number of aliphatic carboxylic acids is 1. The molecule has 1 rings (SSSR count). The molecule has 1 atom stereocenters. The van der Waals surface area contributed by atoms with Gasteiger partial charge in [-0.1, -0.05) is 0 Å². The highest BCUT2D eigenvalue weighted by Crippen LogP contribution is 2.15. The number of ketones is 1. The lowest BCUT2D eigenvalue weighted by Gasteiger charge is -2.06. The van der Waals surface area contributed by atoms with E-state index in [9.17, 15) is 14.0 Å². The summed E-state index contributed by atoms with van der Waals surface area (Å²) in [5.41, 5.74) is 0.546. The van der Waals surface area contributed by atoms with E-state index in [1.807, 2.05) is 0 Å². The molecule has 3 nitrogen and oxygen atoms in total. The zero-order valence-corrected chi connectivity index (χ0v) is 9.29. The Morgan fingerprint density at radius 3 is 2.62 bits per heavy atom. The molecule has 1 aromatic carbocycles. The first-order valence-corrected chi connectivity index (χ1v) is 5.01. The Bertz CT molecular complexity index is 431. The summed E-state index contributed by atoms with van der Waals surface area (Å²) in [7, 11) is 0. The first-order valence-electron chi connectivity index (χ1n) is 4.58. The van der Waals surface area contributed by atoms with Crippen LogP contribution < -0.4 is 0 Å². The van der Waals surface area contributed by atoms with E-state index in [1.165, 1.54) is 19.1 Å². The Morgan fingerprint density at radius 1 is 1.50 bits per heavy atom. The van der Waals surface area contributed by atoms with Crippen molar-refractivity contribution in [1.82, 2.24) is 0 Å². The third kappa shape index (κ3) is 3.03. The predicted octanol–water partition coefficient (Wildman–Crippen LogP) is 2.40. The second kappa shape index (κ2) is 5.07. The third-order valence-corrected chi connectivity index (χ3v) is 2.43. The number of carbonyl (C=O) groups is 2. The molecule has 86 valence electrons. The number of alkyl halides is 1. The number of carboxylic acids is 1. The first-order chi connectivity index (χ1) is 7.41. The Kier molecular flexibility index (Phi) is 4.01. The van der Waals surface area contributed by atoms with Crippen molar-refractivity contribution in [2.75, 3.05) is 0 Å². The number of carbonyl (C=O) groups excluding carboxylic acids is 1. The number of carboxylic acid groups (broad SMARTS) is 1. The summed E-state index contributed by atoms with van der Waals surface area (Å²) in [4.78, 5) is 22.0. The molecule has 0 saturated heterocycles. The van der Waals surface area contributed by atoms with E-state index in [0.717, 1.165) is 6.07 Å². The van der Waals surface area contributed by atoms with Crippen molar-refractivity contribution in [1.29, 1.82) is 0 Å². The molecule has 0 fully saturated rings. The van der Waals surface area contributed by atoms with Crippen molar-refractivity contribution in [3.8, 4) is 0 Å².